The molecule has 0 aliphatic rings. The minimum Gasteiger partial charge on any atom is -0.364 e. The zero-order valence-corrected chi connectivity index (χ0v) is 8.99. The standard InChI is InChI=1S/C10H9N3O4/c1-7-2-4-12(6-8-3-5-17-11-8)10(14)9(7)13(15)16/h2-5H,6H2,1H3. The lowest BCUT2D eigenvalue weighted by molar-refractivity contribution is -0.387. The van der Waals surface area contributed by atoms with Crippen molar-refractivity contribution in [3.05, 3.63) is 56.3 Å². The van der Waals surface area contributed by atoms with Crippen molar-refractivity contribution in [2.75, 3.05) is 0 Å². The van der Waals surface area contributed by atoms with Crippen LogP contribution in [0.1, 0.15) is 11.3 Å². The van der Waals surface area contributed by atoms with E-state index in [9.17, 15) is 14.9 Å². The average Bonchev–Trinajstić information content (AvgIpc) is 2.74. The third-order valence-corrected chi connectivity index (χ3v) is 2.35. The van der Waals surface area contributed by atoms with Gasteiger partial charge in [0.25, 0.3) is 0 Å². The first-order chi connectivity index (χ1) is 8.09. The van der Waals surface area contributed by atoms with E-state index in [0.29, 0.717) is 11.3 Å². The van der Waals surface area contributed by atoms with Crippen LogP contribution in [0.5, 0.6) is 0 Å². The molecule has 0 spiro atoms. The molecule has 2 rings (SSSR count). The maximum atomic E-state index is 11.8. The summed E-state index contributed by atoms with van der Waals surface area (Å²) in [6.07, 6.45) is 2.88. The minimum atomic E-state index is -0.670. The first kappa shape index (κ1) is 11.1. The number of rotatable bonds is 3. The van der Waals surface area contributed by atoms with Gasteiger partial charge in [-0.3, -0.25) is 14.9 Å². The summed E-state index contributed by atoms with van der Waals surface area (Å²) in [4.78, 5) is 21.9. The molecule has 0 aromatic carbocycles. The van der Waals surface area contributed by atoms with Gasteiger partial charge in [0, 0.05) is 17.8 Å². The highest BCUT2D eigenvalue weighted by Crippen LogP contribution is 2.11. The summed E-state index contributed by atoms with van der Waals surface area (Å²) in [7, 11) is 0. The van der Waals surface area contributed by atoms with Crippen molar-refractivity contribution in [2.45, 2.75) is 13.5 Å². The largest absolute Gasteiger partial charge is 0.364 e. The maximum Gasteiger partial charge on any atom is 0.336 e. The highest BCUT2D eigenvalue weighted by molar-refractivity contribution is 5.36. The van der Waals surface area contributed by atoms with Gasteiger partial charge < -0.3 is 9.09 Å². The van der Waals surface area contributed by atoms with E-state index in [1.807, 2.05) is 0 Å². The molecule has 0 fully saturated rings. The van der Waals surface area contributed by atoms with Crippen LogP contribution in [0.4, 0.5) is 5.69 Å². The van der Waals surface area contributed by atoms with E-state index in [-0.39, 0.29) is 6.54 Å². The molecule has 7 nitrogen and oxygen atoms in total. The number of nitro groups is 1. The molecule has 0 atom stereocenters. The fourth-order valence-electron chi connectivity index (χ4n) is 1.49. The van der Waals surface area contributed by atoms with Crippen LogP contribution < -0.4 is 5.56 Å². The van der Waals surface area contributed by atoms with Crippen molar-refractivity contribution in [3.63, 3.8) is 0 Å². The predicted octanol–water partition coefficient (Wildman–Crippen LogP) is 1.10. The first-order valence-electron chi connectivity index (χ1n) is 4.83. The molecule has 88 valence electrons. The van der Waals surface area contributed by atoms with E-state index >= 15 is 0 Å². The monoisotopic (exact) mass is 235 g/mol. The quantitative estimate of drug-likeness (QED) is 0.586. The van der Waals surface area contributed by atoms with Gasteiger partial charge in [0.2, 0.25) is 0 Å². The summed E-state index contributed by atoms with van der Waals surface area (Å²) in [5, 5.41) is 14.4. The topological polar surface area (TPSA) is 91.2 Å². The Morgan fingerprint density at radius 1 is 1.53 bits per heavy atom. The highest BCUT2D eigenvalue weighted by Gasteiger charge is 2.18. The number of hydrogen-bond acceptors (Lipinski definition) is 5. The molecule has 17 heavy (non-hydrogen) atoms. The fourth-order valence-corrected chi connectivity index (χ4v) is 1.49. The summed E-state index contributed by atoms with van der Waals surface area (Å²) in [5.74, 6) is 0. The lowest BCUT2D eigenvalue weighted by Gasteiger charge is -2.03. The van der Waals surface area contributed by atoms with Gasteiger partial charge in [-0.1, -0.05) is 5.16 Å². The minimum absolute atomic E-state index is 0.149. The number of aryl methyl sites for hydroxylation is 1. The summed E-state index contributed by atoms with van der Waals surface area (Å²) in [6.45, 7) is 1.68. The summed E-state index contributed by atoms with van der Waals surface area (Å²) in [6, 6.07) is 3.12. The molecule has 0 aliphatic carbocycles. The molecule has 0 radical (unpaired) electrons. The molecule has 2 aromatic heterocycles. The second kappa shape index (κ2) is 4.20. The van der Waals surface area contributed by atoms with Crippen LogP contribution in [0, 0.1) is 17.0 Å². The van der Waals surface area contributed by atoms with Gasteiger partial charge in [0.05, 0.1) is 11.5 Å². The fraction of sp³-hybridized carbons (Fsp3) is 0.200. The van der Waals surface area contributed by atoms with Gasteiger partial charge in [-0.05, 0) is 13.0 Å². The van der Waals surface area contributed by atoms with Crippen LogP contribution in [0.3, 0.4) is 0 Å². The molecule has 2 heterocycles. The van der Waals surface area contributed by atoms with Crippen molar-refractivity contribution in [3.8, 4) is 0 Å². The van der Waals surface area contributed by atoms with E-state index in [0.717, 1.165) is 0 Å². The molecule has 0 saturated carbocycles. The Morgan fingerprint density at radius 3 is 2.88 bits per heavy atom. The Kier molecular flexibility index (Phi) is 2.73. The van der Waals surface area contributed by atoms with Crippen molar-refractivity contribution in [2.24, 2.45) is 0 Å². The van der Waals surface area contributed by atoms with Gasteiger partial charge in [-0.25, -0.2) is 0 Å². The number of hydrogen-bond donors (Lipinski definition) is 0. The van der Waals surface area contributed by atoms with Gasteiger partial charge in [-0.2, -0.15) is 0 Å². The third kappa shape index (κ3) is 2.07. The van der Waals surface area contributed by atoms with Gasteiger partial charge >= 0.3 is 11.2 Å². The number of nitrogens with zero attached hydrogens (tertiary/aromatic N) is 3. The van der Waals surface area contributed by atoms with Crippen LogP contribution in [-0.2, 0) is 6.54 Å². The zero-order chi connectivity index (χ0) is 12.4. The van der Waals surface area contributed by atoms with Gasteiger partial charge in [0.15, 0.2) is 0 Å². The second-order valence-electron chi connectivity index (χ2n) is 3.53. The van der Waals surface area contributed by atoms with Crippen LogP contribution in [0.25, 0.3) is 0 Å². The van der Waals surface area contributed by atoms with E-state index in [1.165, 1.54) is 30.0 Å². The first-order valence-corrected chi connectivity index (χ1v) is 4.83. The second-order valence-corrected chi connectivity index (χ2v) is 3.53. The van der Waals surface area contributed by atoms with Crippen molar-refractivity contribution in [1.29, 1.82) is 0 Å². The third-order valence-electron chi connectivity index (χ3n) is 2.35. The summed E-state index contributed by atoms with van der Waals surface area (Å²) in [5.41, 5.74) is -0.171. The SMILES string of the molecule is Cc1ccn(Cc2ccon2)c(=O)c1[N+](=O)[O-]. The lowest BCUT2D eigenvalue weighted by atomic mass is 10.2. The van der Waals surface area contributed by atoms with Crippen LogP contribution in [0.2, 0.25) is 0 Å². The molecule has 0 bridgehead atoms. The van der Waals surface area contributed by atoms with E-state index < -0.39 is 16.2 Å². The van der Waals surface area contributed by atoms with E-state index in [4.69, 9.17) is 0 Å². The summed E-state index contributed by atoms with van der Waals surface area (Å²) >= 11 is 0. The normalized spacial score (nSPS) is 10.4. The molecular weight excluding hydrogens is 226 g/mol. The molecular formula is C10H9N3O4. The van der Waals surface area contributed by atoms with E-state index in [1.54, 1.807) is 6.07 Å². The maximum absolute atomic E-state index is 11.8. The Hall–Kier alpha value is -2.44. The van der Waals surface area contributed by atoms with Crippen LogP contribution >= 0.6 is 0 Å². The number of aromatic nitrogens is 2. The smallest absolute Gasteiger partial charge is 0.336 e. The van der Waals surface area contributed by atoms with Crippen LogP contribution in [-0.4, -0.2) is 14.6 Å². The Morgan fingerprint density at radius 2 is 2.29 bits per heavy atom. The molecule has 0 N–H and O–H groups in total. The highest BCUT2D eigenvalue weighted by atomic mass is 16.6. The average molecular weight is 235 g/mol. The molecule has 0 saturated heterocycles. The predicted molar refractivity (Wildman–Crippen MR) is 57.7 cm³/mol. The Bertz CT molecular complexity index is 601. The lowest BCUT2D eigenvalue weighted by Crippen LogP contribution is -2.23. The molecule has 0 amide bonds. The summed E-state index contributed by atoms with van der Waals surface area (Å²) < 4.78 is 5.85. The van der Waals surface area contributed by atoms with Crippen molar-refractivity contribution in [1.82, 2.24) is 9.72 Å². The van der Waals surface area contributed by atoms with Crippen molar-refractivity contribution < 1.29 is 9.45 Å². The molecule has 0 unspecified atom stereocenters. The Balaban J connectivity index is 2.46. The number of pyridine rings is 1. The Labute approximate surface area is 95.4 Å². The van der Waals surface area contributed by atoms with Crippen LogP contribution in [0.15, 0.2) is 33.9 Å². The van der Waals surface area contributed by atoms with Crippen molar-refractivity contribution >= 4 is 5.69 Å². The molecule has 0 aliphatic heterocycles. The molecule has 2 aromatic rings. The van der Waals surface area contributed by atoms with E-state index in [2.05, 4.69) is 9.68 Å². The zero-order valence-electron chi connectivity index (χ0n) is 8.99. The van der Waals surface area contributed by atoms with Gasteiger partial charge in [0.1, 0.15) is 12.0 Å². The molecule has 7 heteroatoms. The van der Waals surface area contributed by atoms with Gasteiger partial charge in [-0.15, -0.1) is 0 Å².